The quantitative estimate of drug-likeness (QED) is 0.0339. The number of phosphoric acid groups is 1. The fourth-order valence-electron chi connectivity index (χ4n) is 8.12. The van der Waals surface area contributed by atoms with Crippen molar-refractivity contribution in [3.63, 3.8) is 0 Å². The van der Waals surface area contributed by atoms with Crippen molar-refractivity contribution in [2.24, 2.45) is 0 Å². The molecule has 3 aliphatic heterocycles. The number of benzene rings is 3. The van der Waals surface area contributed by atoms with Crippen LogP contribution in [0.3, 0.4) is 0 Å². The van der Waals surface area contributed by atoms with Gasteiger partial charge in [-0.25, -0.2) is 24.1 Å². The highest BCUT2D eigenvalue weighted by Gasteiger charge is 2.53. The van der Waals surface area contributed by atoms with Crippen LogP contribution in [0.5, 0.6) is 0 Å². The van der Waals surface area contributed by atoms with Gasteiger partial charge in [0.05, 0.1) is 6.61 Å². The number of aliphatic hydroxyl groups excluding tert-OH is 1. The van der Waals surface area contributed by atoms with E-state index in [0.29, 0.717) is 55.2 Å². The van der Waals surface area contributed by atoms with Crippen molar-refractivity contribution in [1.29, 1.82) is 0 Å². The molecule has 5 atom stereocenters. The Morgan fingerprint density at radius 1 is 0.984 bits per heavy atom. The number of carbonyl (C=O) groups excluding carboxylic acids is 2. The van der Waals surface area contributed by atoms with Gasteiger partial charge in [-0.3, -0.25) is 23.2 Å². The van der Waals surface area contributed by atoms with E-state index >= 15 is 0 Å². The predicted octanol–water partition coefficient (Wildman–Crippen LogP) is 4.57. The summed E-state index contributed by atoms with van der Waals surface area (Å²) in [6, 6.07) is 20.6. The number of amides is 2. The molecule has 2 saturated heterocycles. The van der Waals surface area contributed by atoms with E-state index in [1.807, 2.05) is 52.5 Å². The summed E-state index contributed by atoms with van der Waals surface area (Å²) in [6.07, 6.45) is 1.14. The molecule has 2 aromatic heterocycles. The number of nitrogens with one attached hydrogen (secondary N) is 3. The van der Waals surface area contributed by atoms with Crippen LogP contribution in [0.15, 0.2) is 67.0 Å². The number of hydrogen-bond donors (Lipinski definition) is 6. The zero-order valence-corrected chi connectivity index (χ0v) is 37.9. The Bertz CT molecular complexity index is 2780. The van der Waals surface area contributed by atoms with Gasteiger partial charge in [-0.05, 0) is 54.7 Å². The Morgan fingerprint density at radius 2 is 1.77 bits per heavy atom. The summed E-state index contributed by atoms with van der Waals surface area (Å²) >= 11 is 1.74. The lowest BCUT2D eigenvalue weighted by Gasteiger charge is -2.27. The first-order valence-electron chi connectivity index (χ1n) is 21.3. The van der Waals surface area contributed by atoms with Crippen LogP contribution in [0.25, 0.3) is 42.8 Å². The summed E-state index contributed by atoms with van der Waals surface area (Å²) < 4.78 is 32.8. The number of ether oxygens (including phenoxy) is 1. The molecule has 64 heavy (non-hydrogen) atoms. The van der Waals surface area contributed by atoms with Gasteiger partial charge in [0.25, 0.3) is 5.91 Å². The van der Waals surface area contributed by atoms with Crippen LogP contribution in [-0.2, 0) is 23.1 Å². The molecule has 338 valence electrons. The Labute approximate surface area is 374 Å². The molecule has 4 aliphatic rings. The van der Waals surface area contributed by atoms with Crippen molar-refractivity contribution < 1.29 is 37.9 Å². The van der Waals surface area contributed by atoms with E-state index in [1.54, 1.807) is 15.9 Å². The Kier molecular flexibility index (Phi) is 13.6. The van der Waals surface area contributed by atoms with E-state index < -0.39 is 32.4 Å². The number of phosphoric ester groups is 1. The normalized spacial score (nSPS) is 20.7. The minimum absolute atomic E-state index is 0.0646. The lowest BCUT2D eigenvalue weighted by molar-refractivity contribution is -0.121. The average Bonchev–Trinajstić information content (AvgIpc) is 3.80. The van der Waals surface area contributed by atoms with E-state index in [9.17, 15) is 24.2 Å². The summed E-state index contributed by atoms with van der Waals surface area (Å²) in [7, 11) is 3.81. The van der Waals surface area contributed by atoms with E-state index in [1.165, 1.54) is 6.33 Å². The number of unbranched alkanes of at least 4 members (excludes halogenated alkanes) is 3. The van der Waals surface area contributed by atoms with Gasteiger partial charge in [0.1, 0.15) is 38.7 Å². The van der Waals surface area contributed by atoms with Crippen LogP contribution in [-0.4, -0.2) is 114 Å². The highest BCUT2D eigenvalue weighted by atomic mass is 32.1. The first-order valence-corrected chi connectivity index (χ1v) is 23.6. The number of nitrogens with zero attached hydrogens (tertiary/aromatic N) is 6. The number of nitrogens with two attached hydrogens (primary N) is 1. The summed E-state index contributed by atoms with van der Waals surface area (Å²) in [5.41, 5.74) is 11.4. The maximum Gasteiger partial charge on any atom is 0.472 e. The van der Waals surface area contributed by atoms with Crippen molar-refractivity contribution in [3.8, 4) is 21.6 Å². The summed E-state index contributed by atoms with van der Waals surface area (Å²) in [6.45, 7) is 1.19. The molecule has 1 unspecified atom stereocenters. The summed E-state index contributed by atoms with van der Waals surface area (Å²) in [4.78, 5) is 52.4. The first-order chi connectivity index (χ1) is 30.8. The van der Waals surface area contributed by atoms with Gasteiger partial charge in [0.15, 0.2) is 23.2 Å². The van der Waals surface area contributed by atoms with Crippen LogP contribution < -0.4 is 36.5 Å². The second-order valence-corrected chi connectivity index (χ2v) is 18.8. The molecule has 7 N–H and O–H groups in total. The average molecular weight is 914 g/mol. The van der Waals surface area contributed by atoms with Crippen LogP contribution in [0.2, 0.25) is 0 Å². The molecule has 4 aromatic rings. The molecular formula is C44H54N10O8PS+. The Morgan fingerprint density at radius 3 is 2.56 bits per heavy atom. The van der Waals surface area contributed by atoms with E-state index in [4.69, 9.17) is 19.5 Å². The molecule has 2 aromatic carbocycles. The van der Waals surface area contributed by atoms with Crippen LogP contribution >= 0.6 is 19.2 Å². The molecule has 0 radical (unpaired) electrons. The van der Waals surface area contributed by atoms with Gasteiger partial charge >= 0.3 is 7.82 Å². The topological polar surface area (TPSA) is 231 Å². The number of hydrogen-bond acceptors (Lipinski definition) is 14. The number of anilines is 3. The van der Waals surface area contributed by atoms with Gasteiger partial charge < -0.3 is 41.3 Å². The summed E-state index contributed by atoms with van der Waals surface area (Å²) in [5, 5.41) is 22.6. The summed E-state index contributed by atoms with van der Waals surface area (Å²) in [5.74, 6) is 0.234. The molecule has 2 fully saturated rings. The highest BCUT2D eigenvalue weighted by Crippen LogP contribution is 2.53. The minimum atomic E-state index is -4.32. The third kappa shape index (κ3) is 9.61. The molecule has 5 heterocycles. The zero-order chi connectivity index (χ0) is 45.1. The third-order valence-corrected chi connectivity index (χ3v) is 13.6. The van der Waals surface area contributed by atoms with E-state index in [0.717, 1.165) is 68.4 Å². The molecule has 0 saturated carbocycles. The maximum absolute atomic E-state index is 13.8. The first kappa shape index (κ1) is 45.1. The highest BCUT2D eigenvalue weighted by molar-refractivity contribution is 7.47. The smallest absolute Gasteiger partial charge is 0.386 e. The molecule has 2 amide bonds. The molecule has 18 nitrogen and oxygen atoms in total. The number of aromatic nitrogens is 4. The predicted molar refractivity (Wildman–Crippen MR) is 247 cm³/mol. The van der Waals surface area contributed by atoms with Crippen LogP contribution in [0.1, 0.15) is 55.1 Å². The molecule has 1 aliphatic carbocycles. The Balaban J connectivity index is 0.800. The van der Waals surface area contributed by atoms with Crippen molar-refractivity contribution in [2.45, 2.75) is 63.1 Å². The SMILES string of the molecule is CN(C)c1ccc2c(-c3ccccc3C(=O)NCCCC(=O)NCCCCCCNc3nc4c(N)ncnc4n3[C@@H]3O[C@@H]4COP(=O)(O)O[C@H]4[C@H]3O)c3ccc(=[N+](C)C)cc-3sc2c1. The lowest BCUT2D eigenvalue weighted by Crippen LogP contribution is -2.39. The fraction of sp³-hybridized carbons (Fsp3) is 0.409. The Hall–Kier alpha value is -5.53. The number of nitrogen functional groups attached to an aromatic ring is 1. The molecule has 0 spiro atoms. The van der Waals surface area contributed by atoms with Gasteiger partial charge in [-0.15, -0.1) is 11.3 Å². The van der Waals surface area contributed by atoms with Gasteiger partial charge in [-0.2, -0.15) is 0 Å². The number of carbonyl (C=O) groups is 2. The van der Waals surface area contributed by atoms with Crippen molar-refractivity contribution >= 4 is 69.7 Å². The molecular weight excluding hydrogens is 860 g/mol. The van der Waals surface area contributed by atoms with E-state index in [2.05, 4.69) is 76.8 Å². The largest absolute Gasteiger partial charge is 0.472 e. The number of imidazole rings is 1. The van der Waals surface area contributed by atoms with Crippen molar-refractivity contribution in [2.75, 3.05) is 70.4 Å². The monoisotopic (exact) mass is 913 g/mol. The fourth-order valence-corrected chi connectivity index (χ4v) is 10.2. The maximum atomic E-state index is 13.8. The lowest BCUT2D eigenvalue weighted by atomic mass is 9.91. The second kappa shape index (κ2) is 19.3. The van der Waals surface area contributed by atoms with Crippen molar-refractivity contribution in [3.05, 3.63) is 77.9 Å². The number of fused-ring (bicyclic) bond motifs is 4. The minimum Gasteiger partial charge on any atom is -0.386 e. The van der Waals surface area contributed by atoms with E-state index in [-0.39, 0.29) is 24.2 Å². The second-order valence-electron chi connectivity index (χ2n) is 16.3. The van der Waals surface area contributed by atoms with Gasteiger partial charge in [0.2, 0.25) is 17.2 Å². The number of aliphatic hydroxyl groups is 1. The van der Waals surface area contributed by atoms with Gasteiger partial charge in [0, 0.05) is 84.1 Å². The molecule has 8 rings (SSSR count). The third-order valence-electron chi connectivity index (χ3n) is 11.5. The van der Waals surface area contributed by atoms with Gasteiger partial charge in [-0.1, -0.05) is 37.1 Å². The zero-order valence-electron chi connectivity index (χ0n) is 36.2. The standard InChI is InChI=1S/C44H53N10O8PS/c1-52(2)26-15-17-30-33(22-26)64-34-23-27(53(3)4)16-18-31(34)36(30)28-12-7-8-13-29(28)42(57)47-21-11-14-35(55)46-19-9-5-6-10-20-48-44-51-37-40(45)49-25-50-41(37)54(44)43-38(56)39-32(61-43)24-60-63(58,59)62-39/h7-8,12-13,15-18,22-23,25,32,38-39,43,45,47,56H,5-6,9-11,14,19-21,24H2,1-4H3,(H3,46,55,57,58,59)/p+1/t32-,38-,39-,43-/m1/s1. The van der Waals surface area contributed by atoms with Crippen LogP contribution in [0, 0.1) is 0 Å². The molecule has 20 heteroatoms. The van der Waals surface area contributed by atoms with Crippen LogP contribution in [0.4, 0.5) is 17.5 Å². The van der Waals surface area contributed by atoms with Crippen molar-refractivity contribution in [1.82, 2.24) is 34.7 Å². The number of rotatable bonds is 16. The molecule has 0 bridgehead atoms.